The molecule has 0 bridgehead atoms. The molecule has 4 heteroatoms. The molecule has 0 atom stereocenters. The van der Waals surface area contributed by atoms with Crippen molar-refractivity contribution < 1.29 is 8.78 Å². The Bertz CT molecular complexity index is 342. The summed E-state index contributed by atoms with van der Waals surface area (Å²) in [6, 6.07) is 4.81. The van der Waals surface area contributed by atoms with E-state index in [1.807, 2.05) is 0 Å². The molecule has 0 spiro atoms. The van der Waals surface area contributed by atoms with Crippen molar-refractivity contribution in [2.75, 3.05) is 18.0 Å². The molecule has 0 saturated carbocycles. The number of alkyl halides is 2. The number of hydrogen-bond donors (Lipinski definition) is 0. The third-order valence-electron chi connectivity index (χ3n) is 2.50. The highest BCUT2D eigenvalue weighted by molar-refractivity contribution is 5.39. The molecule has 0 saturated heterocycles. The standard InChI is InChI=1S/C13H20F2N2/c1-4-9-17(10-5-2)12-8-6-7-11(16-12)13(3,14)15/h6-8H,4-5,9-10H2,1-3H3. The Morgan fingerprint density at radius 1 is 1.18 bits per heavy atom. The van der Waals surface area contributed by atoms with Crippen LogP contribution in [0.3, 0.4) is 0 Å². The minimum atomic E-state index is -2.87. The van der Waals surface area contributed by atoms with Crippen LogP contribution in [0, 0.1) is 0 Å². The molecule has 0 unspecified atom stereocenters. The smallest absolute Gasteiger partial charge is 0.287 e. The van der Waals surface area contributed by atoms with Crippen molar-refractivity contribution in [3.8, 4) is 0 Å². The van der Waals surface area contributed by atoms with Crippen LogP contribution in [0.4, 0.5) is 14.6 Å². The maximum Gasteiger partial charge on any atom is 0.287 e. The van der Waals surface area contributed by atoms with Gasteiger partial charge in [-0.05, 0) is 25.0 Å². The van der Waals surface area contributed by atoms with E-state index in [0.29, 0.717) is 5.82 Å². The normalized spacial score (nSPS) is 11.6. The van der Waals surface area contributed by atoms with E-state index in [4.69, 9.17) is 0 Å². The van der Waals surface area contributed by atoms with E-state index in [1.54, 1.807) is 12.1 Å². The average molecular weight is 242 g/mol. The lowest BCUT2D eigenvalue weighted by Crippen LogP contribution is -2.26. The quantitative estimate of drug-likeness (QED) is 0.754. The monoisotopic (exact) mass is 242 g/mol. The highest BCUT2D eigenvalue weighted by atomic mass is 19.3. The zero-order valence-electron chi connectivity index (χ0n) is 10.7. The van der Waals surface area contributed by atoms with Crippen LogP contribution < -0.4 is 4.90 Å². The molecule has 1 aromatic rings. The molecule has 0 aliphatic carbocycles. The summed E-state index contributed by atoms with van der Waals surface area (Å²) < 4.78 is 26.4. The Morgan fingerprint density at radius 3 is 2.24 bits per heavy atom. The van der Waals surface area contributed by atoms with Crippen molar-refractivity contribution in [3.05, 3.63) is 23.9 Å². The molecular weight excluding hydrogens is 222 g/mol. The Balaban J connectivity index is 2.95. The highest BCUT2D eigenvalue weighted by Gasteiger charge is 2.26. The summed E-state index contributed by atoms with van der Waals surface area (Å²) in [5, 5.41) is 0. The summed E-state index contributed by atoms with van der Waals surface area (Å²) in [4.78, 5) is 6.11. The average Bonchev–Trinajstić information content (AvgIpc) is 2.28. The van der Waals surface area contributed by atoms with E-state index in [9.17, 15) is 8.78 Å². The van der Waals surface area contributed by atoms with Crippen LogP contribution in [0.2, 0.25) is 0 Å². The Labute approximate surface area is 102 Å². The van der Waals surface area contributed by atoms with Gasteiger partial charge in [-0.15, -0.1) is 0 Å². The molecule has 96 valence electrons. The first-order valence-corrected chi connectivity index (χ1v) is 6.09. The van der Waals surface area contributed by atoms with E-state index in [2.05, 4.69) is 23.7 Å². The summed E-state index contributed by atoms with van der Waals surface area (Å²) in [7, 11) is 0. The molecule has 2 nitrogen and oxygen atoms in total. The topological polar surface area (TPSA) is 16.1 Å². The van der Waals surface area contributed by atoms with Gasteiger partial charge in [0.15, 0.2) is 0 Å². The molecule has 0 aromatic carbocycles. The Hall–Kier alpha value is -1.19. The van der Waals surface area contributed by atoms with E-state index in [1.165, 1.54) is 6.07 Å². The third kappa shape index (κ3) is 3.95. The van der Waals surface area contributed by atoms with Crippen molar-refractivity contribution in [2.24, 2.45) is 0 Å². The molecule has 0 radical (unpaired) electrons. The van der Waals surface area contributed by atoms with Crippen LogP contribution in [0.15, 0.2) is 18.2 Å². The molecule has 1 rings (SSSR count). The number of halogens is 2. The fraction of sp³-hybridized carbons (Fsp3) is 0.615. The molecule has 1 aromatic heterocycles. The van der Waals surface area contributed by atoms with Gasteiger partial charge in [0, 0.05) is 20.0 Å². The second kappa shape index (κ2) is 5.94. The predicted molar refractivity (Wildman–Crippen MR) is 66.6 cm³/mol. The maximum atomic E-state index is 13.2. The van der Waals surface area contributed by atoms with Crippen LogP contribution >= 0.6 is 0 Å². The van der Waals surface area contributed by atoms with Crippen molar-refractivity contribution in [1.82, 2.24) is 4.98 Å². The Kier molecular flexibility index (Phi) is 4.85. The van der Waals surface area contributed by atoms with Gasteiger partial charge in [0.05, 0.1) is 0 Å². The van der Waals surface area contributed by atoms with E-state index >= 15 is 0 Å². The van der Waals surface area contributed by atoms with Gasteiger partial charge < -0.3 is 4.90 Å². The van der Waals surface area contributed by atoms with Gasteiger partial charge >= 0.3 is 0 Å². The van der Waals surface area contributed by atoms with Crippen LogP contribution in [0.1, 0.15) is 39.3 Å². The van der Waals surface area contributed by atoms with Crippen LogP contribution in [-0.4, -0.2) is 18.1 Å². The number of nitrogens with zero attached hydrogens (tertiary/aromatic N) is 2. The maximum absolute atomic E-state index is 13.2. The van der Waals surface area contributed by atoms with Crippen LogP contribution in [0.25, 0.3) is 0 Å². The third-order valence-corrected chi connectivity index (χ3v) is 2.50. The second-order valence-electron chi connectivity index (χ2n) is 4.26. The number of rotatable bonds is 6. The number of anilines is 1. The first kappa shape index (κ1) is 13.9. The van der Waals surface area contributed by atoms with Gasteiger partial charge in [0.25, 0.3) is 5.92 Å². The lowest BCUT2D eigenvalue weighted by Gasteiger charge is -2.23. The molecular formula is C13H20F2N2. The van der Waals surface area contributed by atoms with Gasteiger partial charge in [-0.1, -0.05) is 19.9 Å². The summed E-state index contributed by atoms with van der Waals surface area (Å²) in [6.45, 7) is 6.71. The highest BCUT2D eigenvalue weighted by Crippen LogP contribution is 2.26. The largest absolute Gasteiger partial charge is 0.357 e. The summed E-state index contributed by atoms with van der Waals surface area (Å²) >= 11 is 0. The fourth-order valence-electron chi connectivity index (χ4n) is 1.72. The van der Waals surface area contributed by atoms with E-state index in [0.717, 1.165) is 32.9 Å². The van der Waals surface area contributed by atoms with E-state index in [-0.39, 0.29) is 5.69 Å². The number of hydrogen-bond acceptors (Lipinski definition) is 2. The molecule has 0 fully saturated rings. The Morgan fingerprint density at radius 2 is 1.76 bits per heavy atom. The summed E-state index contributed by atoms with van der Waals surface area (Å²) in [5.74, 6) is -2.23. The summed E-state index contributed by atoms with van der Waals surface area (Å²) in [5.41, 5.74) is -0.160. The van der Waals surface area contributed by atoms with E-state index < -0.39 is 5.92 Å². The molecule has 0 aliphatic heterocycles. The minimum Gasteiger partial charge on any atom is -0.357 e. The predicted octanol–water partition coefficient (Wildman–Crippen LogP) is 3.82. The van der Waals surface area contributed by atoms with Gasteiger partial charge in [-0.25, -0.2) is 4.98 Å². The van der Waals surface area contributed by atoms with Crippen molar-refractivity contribution in [2.45, 2.75) is 39.5 Å². The van der Waals surface area contributed by atoms with Gasteiger partial charge in [0.2, 0.25) is 0 Å². The molecule has 17 heavy (non-hydrogen) atoms. The first-order valence-electron chi connectivity index (χ1n) is 6.09. The first-order chi connectivity index (χ1) is 7.99. The second-order valence-corrected chi connectivity index (χ2v) is 4.26. The molecule has 0 N–H and O–H groups in total. The SMILES string of the molecule is CCCN(CCC)c1cccc(C(C)(F)F)n1. The number of pyridine rings is 1. The van der Waals surface area contributed by atoms with Gasteiger partial charge in [-0.3, -0.25) is 0 Å². The van der Waals surface area contributed by atoms with Crippen molar-refractivity contribution >= 4 is 5.82 Å². The van der Waals surface area contributed by atoms with Gasteiger partial charge in [-0.2, -0.15) is 8.78 Å². The van der Waals surface area contributed by atoms with Crippen LogP contribution in [0.5, 0.6) is 0 Å². The molecule has 0 amide bonds. The fourth-order valence-corrected chi connectivity index (χ4v) is 1.72. The zero-order chi connectivity index (χ0) is 12.9. The summed E-state index contributed by atoms with van der Waals surface area (Å²) in [6.07, 6.45) is 1.96. The van der Waals surface area contributed by atoms with Gasteiger partial charge in [0.1, 0.15) is 11.5 Å². The molecule has 1 heterocycles. The number of aromatic nitrogens is 1. The lowest BCUT2D eigenvalue weighted by molar-refractivity contribution is 0.0128. The zero-order valence-corrected chi connectivity index (χ0v) is 10.7. The van der Waals surface area contributed by atoms with Crippen molar-refractivity contribution in [1.29, 1.82) is 0 Å². The lowest BCUT2D eigenvalue weighted by atomic mass is 10.2. The minimum absolute atomic E-state index is 0.160. The van der Waals surface area contributed by atoms with Crippen molar-refractivity contribution in [3.63, 3.8) is 0 Å². The van der Waals surface area contributed by atoms with Crippen LogP contribution in [-0.2, 0) is 5.92 Å². The molecule has 0 aliphatic rings.